The molecule has 0 saturated carbocycles. The molecule has 0 saturated heterocycles. The van der Waals surface area contributed by atoms with Crippen molar-refractivity contribution in [2.45, 2.75) is 53.7 Å². The van der Waals surface area contributed by atoms with E-state index in [0.717, 1.165) is 38.4 Å². The van der Waals surface area contributed by atoms with E-state index in [9.17, 15) is 0 Å². The lowest BCUT2D eigenvalue weighted by atomic mass is 10.1. The summed E-state index contributed by atoms with van der Waals surface area (Å²) in [5.74, 6) is 0. The molecular weight excluding hydrogens is 226 g/mol. The Kier molecular flexibility index (Phi) is 6.36. The quantitative estimate of drug-likeness (QED) is 0.721. The van der Waals surface area contributed by atoms with Crippen LogP contribution in [0.1, 0.15) is 37.7 Å². The minimum absolute atomic E-state index is 0.287. The van der Waals surface area contributed by atoms with Gasteiger partial charge >= 0.3 is 0 Å². The number of aromatic nitrogens is 2. The summed E-state index contributed by atoms with van der Waals surface area (Å²) in [6.45, 7) is 14.1. The average Bonchev–Trinajstić information content (AvgIpc) is 2.56. The summed E-state index contributed by atoms with van der Waals surface area (Å²) in [6.07, 6.45) is 1.34. The van der Waals surface area contributed by atoms with Crippen molar-refractivity contribution in [3.63, 3.8) is 0 Å². The number of nitrogens with one attached hydrogen (secondary N) is 1. The van der Waals surface area contributed by atoms with E-state index in [1.807, 2.05) is 0 Å². The Labute approximate surface area is 111 Å². The van der Waals surface area contributed by atoms with E-state index in [1.54, 1.807) is 0 Å². The Bertz CT molecular complexity index is 358. The highest BCUT2D eigenvalue weighted by Crippen LogP contribution is 2.13. The molecule has 1 heterocycles. The second-order valence-corrected chi connectivity index (χ2v) is 4.90. The highest BCUT2D eigenvalue weighted by molar-refractivity contribution is 5.24. The molecule has 1 aromatic heterocycles. The summed E-state index contributed by atoms with van der Waals surface area (Å²) in [4.78, 5) is 0. The van der Waals surface area contributed by atoms with Crippen LogP contribution in [0.25, 0.3) is 0 Å². The van der Waals surface area contributed by atoms with Gasteiger partial charge in [-0.05, 0) is 52.8 Å². The molecule has 4 nitrogen and oxygen atoms in total. The molecule has 0 unspecified atom stereocenters. The molecule has 0 aliphatic carbocycles. The fourth-order valence-corrected chi connectivity index (χ4v) is 2.08. The van der Waals surface area contributed by atoms with Gasteiger partial charge in [0, 0.05) is 5.69 Å². The van der Waals surface area contributed by atoms with Gasteiger partial charge in [-0.2, -0.15) is 5.10 Å². The standard InChI is InChI=1S/C14H27N3O/c1-6-15-8-7-14-12(4)16-17(13(14)5)9-10-18-11(2)3/h11,15H,6-10H2,1-5H3. The Hall–Kier alpha value is -0.870. The molecule has 104 valence electrons. The van der Waals surface area contributed by atoms with Crippen molar-refractivity contribution in [2.75, 3.05) is 19.7 Å². The lowest BCUT2D eigenvalue weighted by Gasteiger charge is -2.09. The second-order valence-electron chi connectivity index (χ2n) is 4.90. The lowest BCUT2D eigenvalue weighted by Crippen LogP contribution is -2.17. The zero-order valence-corrected chi connectivity index (χ0v) is 12.4. The predicted molar refractivity (Wildman–Crippen MR) is 75.0 cm³/mol. The third-order valence-electron chi connectivity index (χ3n) is 3.09. The lowest BCUT2D eigenvalue weighted by molar-refractivity contribution is 0.0706. The molecule has 0 fully saturated rings. The van der Waals surface area contributed by atoms with Crippen LogP contribution < -0.4 is 5.32 Å². The number of rotatable bonds is 8. The van der Waals surface area contributed by atoms with Crippen LogP contribution >= 0.6 is 0 Å². The van der Waals surface area contributed by atoms with E-state index in [1.165, 1.54) is 11.3 Å². The van der Waals surface area contributed by atoms with Crippen molar-refractivity contribution in [1.82, 2.24) is 15.1 Å². The molecule has 0 aliphatic rings. The highest BCUT2D eigenvalue weighted by Gasteiger charge is 2.10. The first kappa shape index (κ1) is 15.2. The van der Waals surface area contributed by atoms with Gasteiger partial charge < -0.3 is 10.1 Å². The molecular formula is C14H27N3O. The molecule has 0 radical (unpaired) electrons. The highest BCUT2D eigenvalue weighted by atomic mass is 16.5. The molecule has 0 amide bonds. The zero-order chi connectivity index (χ0) is 13.5. The van der Waals surface area contributed by atoms with Crippen LogP contribution in [0.3, 0.4) is 0 Å². The topological polar surface area (TPSA) is 39.1 Å². The second kappa shape index (κ2) is 7.54. The molecule has 0 aromatic carbocycles. The Balaban J connectivity index is 2.56. The van der Waals surface area contributed by atoms with E-state index in [2.05, 4.69) is 49.7 Å². The van der Waals surface area contributed by atoms with Crippen LogP contribution in [0.4, 0.5) is 0 Å². The molecule has 18 heavy (non-hydrogen) atoms. The fraction of sp³-hybridized carbons (Fsp3) is 0.786. The molecule has 1 rings (SSSR count). The summed E-state index contributed by atoms with van der Waals surface area (Å²) < 4.78 is 7.64. The third-order valence-corrected chi connectivity index (χ3v) is 3.09. The van der Waals surface area contributed by atoms with Crippen molar-refractivity contribution in [3.8, 4) is 0 Å². The van der Waals surface area contributed by atoms with Crippen LogP contribution in [0.2, 0.25) is 0 Å². The van der Waals surface area contributed by atoms with Gasteiger partial charge in [-0.25, -0.2) is 0 Å². The van der Waals surface area contributed by atoms with Gasteiger partial charge in [0.1, 0.15) is 0 Å². The van der Waals surface area contributed by atoms with Crippen LogP contribution in [0.5, 0.6) is 0 Å². The molecule has 0 spiro atoms. The monoisotopic (exact) mass is 253 g/mol. The third kappa shape index (κ3) is 4.42. The Morgan fingerprint density at radius 3 is 2.67 bits per heavy atom. The molecule has 4 heteroatoms. The first-order valence-electron chi connectivity index (χ1n) is 6.91. The maximum absolute atomic E-state index is 5.58. The van der Waals surface area contributed by atoms with Crippen molar-refractivity contribution < 1.29 is 4.74 Å². The number of aryl methyl sites for hydroxylation is 1. The summed E-state index contributed by atoms with van der Waals surface area (Å²) in [7, 11) is 0. The summed E-state index contributed by atoms with van der Waals surface area (Å²) in [5, 5.41) is 7.95. The fourth-order valence-electron chi connectivity index (χ4n) is 2.08. The Morgan fingerprint density at radius 1 is 1.33 bits per heavy atom. The first-order chi connectivity index (χ1) is 8.56. The molecule has 1 N–H and O–H groups in total. The maximum atomic E-state index is 5.58. The molecule has 0 bridgehead atoms. The Morgan fingerprint density at radius 2 is 2.06 bits per heavy atom. The summed E-state index contributed by atoms with van der Waals surface area (Å²) in [6, 6.07) is 0. The van der Waals surface area contributed by atoms with E-state index in [-0.39, 0.29) is 6.10 Å². The van der Waals surface area contributed by atoms with Crippen molar-refractivity contribution in [2.24, 2.45) is 0 Å². The molecule has 0 aliphatic heterocycles. The number of likely N-dealkylation sites (N-methyl/N-ethyl adjacent to an activating group) is 1. The van der Waals surface area contributed by atoms with Crippen molar-refractivity contribution in [3.05, 3.63) is 17.0 Å². The SMILES string of the molecule is CCNCCc1c(C)nn(CCOC(C)C)c1C. The minimum Gasteiger partial charge on any atom is -0.377 e. The van der Waals surface area contributed by atoms with Crippen molar-refractivity contribution in [1.29, 1.82) is 0 Å². The van der Waals surface area contributed by atoms with Gasteiger partial charge in [-0.15, -0.1) is 0 Å². The van der Waals surface area contributed by atoms with E-state index >= 15 is 0 Å². The first-order valence-corrected chi connectivity index (χ1v) is 6.91. The van der Waals surface area contributed by atoms with E-state index < -0.39 is 0 Å². The molecule has 1 aromatic rings. The van der Waals surface area contributed by atoms with Gasteiger partial charge in [0.2, 0.25) is 0 Å². The summed E-state index contributed by atoms with van der Waals surface area (Å²) >= 11 is 0. The maximum Gasteiger partial charge on any atom is 0.0666 e. The van der Waals surface area contributed by atoms with Gasteiger partial charge in [0.25, 0.3) is 0 Å². The van der Waals surface area contributed by atoms with Crippen LogP contribution in [-0.4, -0.2) is 35.6 Å². The van der Waals surface area contributed by atoms with Crippen LogP contribution in [0.15, 0.2) is 0 Å². The normalized spacial score (nSPS) is 11.4. The van der Waals surface area contributed by atoms with Gasteiger partial charge in [0.05, 0.1) is 24.9 Å². The number of ether oxygens (including phenoxy) is 1. The molecule has 0 atom stereocenters. The van der Waals surface area contributed by atoms with E-state index in [4.69, 9.17) is 4.74 Å². The van der Waals surface area contributed by atoms with Crippen molar-refractivity contribution >= 4 is 0 Å². The van der Waals surface area contributed by atoms with Crippen LogP contribution in [0, 0.1) is 13.8 Å². The number of hydrogen-bond acceptors (Lipinski definition) is 3. The zero-order valence-electron chi connectivity index (χ0n) is 12.4. The van der Waals surface area contributed by atoms with E-state index in [0.29, 0.717) is 0 Å². The smallest absolute Gasteiger partial charge is 0.0666 e. The van der Waals surface area contributed by atoms with Gasteiger partial charge in [-0.1, -0.05) is 6.92 Å². The summed E-state index contributed by atoms with van der Waals surface area (Å²) in [5.41, 5.74) is 3.80. The predicted octanol–water partition coefficient (Wildman–Crippen LogP) is 2.08. The van der Waals surface area contributed by atoms with Gasteiger partial charge in [-0.3, -0.25) is 4.68 Å². The average molecular weight is 253 g/mol. The van der Waals surface area contributed by atoms with Crippen LogP contribution in [-0.2, 0) is 17.7 Å². The van der Waals surface area contributed by atoms with Gasteiger partial charge in [0.15, 0.2) is 0 Å². The number of nitrogens with zero attached hydrogens (tertiary/aromatic N) is 2. The number of hydrogen-bond donors (Lipinski definition) is 1. The minimum atomic E-state index is 0.287. The largest absolute Gasteiger partial charge is 0.377 e.